The number of hydrogen-bond acceptors (Lipinski definition) is 5. The number of para-hydroxylation sites is 1. The van der Waals surface area contributed by atoms with Gasteiger partial charge in [-0.3, -0.25) is 9.69 Å². The molecule has 0 aliphatic heterocycles. The lowest BCUT2D eigenvalue weighted by Gasteiger charge is -2.13. The average molecular weight is 334 g/mol. The van der Waals surface area contributed by atoms with Crippen LogP contribution in [0, 0.1) is 0 Å². The van der Waals surface area contributed by atoms with Crippen LogP contribution in [0.25, 0.3) is 10.2 Å². The number of anilines is 1. The van der Waals surface area contributed by atoms with Gasteiger partial charge in [0.2, 0.25) is 5.88 Å². The molecule has 0 aliphatic carbocycles. The number of thiazole rings is 1. The molecule has 2 heterocycles. The van der Waals surface area contributed by atoms with Crippen molar-refractivity contribution < 1.29 is 9.53 Å². The molecule has 0 radical (unpaired) electrons. The lowest BCUT2D eigenvalue weighted by atomic mass is 10.2. The Kier molecular flexibility index (Phi) is 3.96. The van der Waals surface area contributed by atoms with Crippen LogP contribution in [0.3, 0.4) is 0 Å². The van der Waals surface area contributed by atoms with E-state index in [4.69, 9.17) is 16.3 Å². The largest absolute Gasteiger partial charge is 0.480 e. The number of amides is 1. The molecule has 22 heavy (non-hydrogen) atoms. The van der Waals surface area contributed by atoms with Crippen molar-refractivity contribution in [3.8, 4) is 5.88 Å². The first-order valence-electron chi connectivity index (χ1n) is 6.43. The third-order valence-corrected chi connectivity index (χ3v) is 4.51. The third kappa shape index (κ3) is 2.63. The fourth-order valence-corrected chi connectivity index (χ4v) is 3.15. The summed E-state index contributed by atoms with van der Waals surface area (Å²) in [4.78, 5) is 22.5. The number of aromatic nitrogens is 2. The maximum atomic E-state index is 12.5. The normalized spacial score (nSPS) is 10.7. The molecular formula is C15H12ClN3O2S. The molecule has 0 bridgehead atoms. The Hall–Kier alpha value is -2.18. The Bertz CT molecular complexity index is 817. The van der Waals surface area contributed by atoms with Gasteiger partial charge < -0.3 is 4.74 Å². The molecule has 0 saturated carbocycles. The van der Waals surface area contributed by atoms with Gasteiger partial charge in [0, 0.05) is 13.2 Å². The van der Waals surface area contributed by atoms with Gasteiger partial charge in [0.1, 0.15) is 5.02 Å². The Balaban J connectivity index is 1.92. The molecule has 2 aromatic heterocycles. The number of pyridine rings is 1. The van der Waals surface area contributed by atoms with E-state index >= 15 is 0 Å². The summed E-state index contributed by atoms with van der Waals surface area (Å²) >= 11 is 7.47. The molecule has 0 unspecified atom stereocenters. The van der Waals surface area contributed by atoms with Crippen molar-refractivity contribution in [2.45, 2.75) is 0 Å². The van der Waals surface area contributed by atoms with Crippen molar-refractivity contribution in [2.75, 3.05) is 19.1 Å². The minimum Gasteiger partial charge on any atom is -0.480 e. The van der Waals surface area contributed by atoms with Crippen LogP contribution in [-0.2, 0) is 0 Å². The number of ether oxygens (including phenoxy) is 1. The molecule has 1 amide bonds. The van der Waals surface area contributed by atoms with Gasteiger partial charge in [-0.2, -0.15) is 0 Å². The van der Waals surface area contributed by atoms with Gasteiger partial charge in [0.15, 0.2) is 5.13 Å². The third-order valence-electron chi connectivity index (χ3n) is 3.12. The van der Waals surface area contributed by atoms with Crippen LogP contribution < -0.4 is 9.64 Å². The number of nitrogens with zero attached hydrogens (tertiary/aromatic N) is 3. The first kappa shape index (κ1) is 14.7. The number of methoxy groups -OCH3 is 1. The van der Waals surface area contributed by atoms with E-state index in [1.807, 2.05) is 24.3 Å². The molecule has 112 valence electrons. The lowest BCUT2D eigenvalue weighted by Crippen LogP contribution is -2.26. The molecule has 0 spiro atoms. The van der Waals surface area contributed by atoms with Gasteiger partial charge in [-0.05, 0) is 18.2 Å². The minimum atomic E-state index is -0.226. The second kappa shape index (κ2) is 5.90. The van der Waals surface area contributed by atoms with Gasteiger partial charge in [0.25, 0.3) is 5.91 Å². The summed E-state index contributed by atoms with van der Waals surface area (Å²) in [6.45, 7) is 0. The van der Waals surface area contributed by atoms with Gasteiger partial charge in [-0.15, -0.1) is 0 Å². The highest BCUT2D eigenvalue weighted by atomic mass is 35.5. The number of rotatable bonds is 3. The van der Waals surface area contributed by atoms with Crippen LogP contribution in [0.5, 0.6) is 5.88 Å². The van der Waals surface area contributed by atoms with Crippen LogP contribution in [0.2, 0.25) is 5.02 Å². The summed E-state index contributed by atoms with van der Waals surface area (Å²) in [5, 5.41) is 0.921. The number of benzene rings is 1. The van der Waals surface area contributed by atoms with Crippen LogP contribution >= 0.6 is 22.9 Å². The smallest absolute Gasteiger partial charge is 0.261 e. The maximum Gasteiger partial charge on any atom is 0.261 e. The van der Waals surface area contributed by atoms with Crippen molar-refractivity contribution in [3.63, 3.8) is 0 Å². The molecule has 0 fully saturated rings. The molecule has 5 nitrogen and oxygen atoms in total. The molecular weight excluding hydrogens is 322 g/mol. The Labute approximate surface area is 136 Å². The predicted octanol–water partition coefficient (Wildman–Crippen LogP) is 3.63. The number of hydrogen-bond donors (Lipinski definition) is 0. The number of fused-ring (bicyclic) bond motifs is 1. The van der Waals surface area contributed by atoms with Crippen molar-refractivity contribution in [3.05, 3.63) is 47.1 Å². The summed E-state index contributed by atoms with van der Waals surface area (Å²) in [6.07, 6.45) is 1.44. The van der Waals surface area contributed by atoms with Crippen molar-refractivity contribution >= 4 is 44.2 Å². The van der Waals surface area contributed by atoms with Crippen molar-refractivity contribution in [1.82, 2.24) is 9.97 Å². The number of halogens is 1. The van der Waals surface area contributed by atoms with Gasteiger partial charge in [-0.25, -0.2) is 9.97 Å². The number of carbonyl (C=O) groups is 1. The van der Waals surface area contributed by atoms with Crippen molar-refractivity contribution in [1.29, 1.82) is 0 Å². The highest BCUT2D eigenvalue weighted by Crippen LogP contribution is 2.29. The van der Waals surface area contributed by atoms with Crippen molar-refractivity contribution in [2.24, 2.45) is 0 Å². The zero-order valence-electron chi connectivity index (χ0n) is 11.9. The molecule has 7 heteroatoms. The van der Waals surface area contributed by atoms with Gasteiger partial charge >= 0.3 is 0 Å². The SMILES string of the molecule is COc1ncc(C(=O)N(C)c2nc3ccccc3s2)cc1Cl. The van der Waals surface area contributed by atoms with Crippen LogP contribution in [0.15, 0.2) is 36.5 Å². The molecule has 0 aliphatic rings. The predicted molar refractivity (Wildman–Crippen MR) is 88.2 cm³/mol. The van der Waals surface area contributed by atoms with Crippen LogP contribution in [-0.4, -0.2) is 30.0 Å². The van der Waals surface area contributed by atoms with E-state index in [9.17, 15) is 4.79 Å². The Morgan fingerprint density at radius 3 is 2.82 bits per heavy atom. The first-order chi connectivity index (χ1) is 10.6. The van der Waals surface area contributed by atoms with E-state index in [1.54, 1.807) is 13.1 Å². The van der Waals surface area contributed by atoms with E-state index < -0.39 is 0 Å². The summed E-state index contributed by atoms with van der Waals surface area (Å²) in [5.41, 5.74) is 1.25. The van der Waals surface area contributed by atoms with E-state index in [0.717, 1.165) is 10.2 Å². The number of carbonyl (C=O) groups excluding carboxylic acids is 1. The van der Waals surface area contributed by atoms with Crippen LogP contribution in [0.4, 0.5) is 5.13 Å². The molecule has 0 N–H and O–H groups in total. The fraction of sp³-hybridized carbons (Fsp3) is 0.133. The second-order valence-electron chi connectivity index (χ2n) is 4.54. The fourth-order valence-electron chi connectivity index (χ4n) is 1.98. The summed E-state index contributed by atoms with van der Waals surface area (Å²) in [7, 11) is 3.15. The van der Waals surface area contributed by atoms with Gasteiger partial charge in [0.05, 0.1) is 22.9 Å². The average Bonchev–Trinajstić information content (AvgIpc) is 2.97. The summed E-state index contributed by atoms with van der Waals surface area (Å²) in [5.74, 6) is 0.0666. The highest BCUT2D eigenvalue weighted by molar-refractivity contribution is 7.22. The molecule has 3 rings (SSSR count). The quantitative estimate of drug-likeness (QED) is 0.734. The van der Waals surface area contributed by atoms with E-state index in [1.165, 1.54) is 29.5 Å². The van der Waals surface area contributed by atoms with E-state index in [-0.39, 0.29) is 5.91 Å². The molecule has 3 aromatic rings. The van der Waals surface area contributed by atoms with E-state index in [2.05, 4.69) is 9.97 Å². The molecule has 1 aromatic carbocycles. The standard InChI is InChI=1S/C15H12ClN3O2S/c1-19(15-18-11-5-3-4-6-12(11)22-15)14(20)9-7-10(16)13(21-2)17-8-9/h3-8H,1-2H3. The molecule has 0 saturated heterocycles. The second-order valence-corrected chi connectivity index (χ2v) is 5.96. The van der Waals surface area contributed by atoms with Crippen LogP contribution in [0.1, 0.15) is 10.4 Å². The Morgan fingerprint density at radius 1 is 1.36 bits per heavy atom. The van der Waals surface area contributed by atoms with E-state index in [0.29, 0.717) is 21.6 Å². The zero-order valence-corrected chi connectivity index (χ0v) is 13.5. The Morgan fingerprint density at radius 2 is 2.14 bits per heavy atom. The molecule has 0 atom stereocenters. The summed E-state index contributed by atoms with van der Waals surface area (Å²) in [6, 6.07) is 9.29. The first-order valence-corrected chi connectivity index (χ1v) is 7.63. The minimum absolute atomic E-state index is 0.226. The van der Waals surface area contributed by atoms with Gasteiger partial charge in [-0.1, -0.05) is 35.1 Å². The lowest BCUT2D eigenvalue weighted by molar-refractivity contribution is 0.0992. The maximum absolute atomic E-state index is 12.5. The monoisotopic (exact) mass is 333 g/mol. The summed E-state index contributed by atoms with van der Waals surface area (Å²) < 4.78 is 6.02. The highest BCUT2D eigenvalue weighted by Gasteiger charge is 2.18. The zero-order chi connectivity index (χ0) is 15.7. The topological polar surface area (TPSA) is 55.3 Å².